The third-order valence-corrected chi connectivity index (χ3v) is 5.24. The van der Waals surface area contributed by atoms with Crippen molar-refractivity contribution in [2.45, 2.75) is 46.6 Å². The van der Waals surface area contributed by atoms with Crippen LogP contribution >= 0.6 is 0 Å². The second-order valence-electron chi connectivity index (χ2n) is 7.13. The summed E-state index contributed by atoms with van der Waals surface area (Å²) < 4.78 is 1.88. The molecule has 0 aliphatic rings. The van der Waals surface area contributed by atoms with Crippen molar-refractivity contribution in [3.05, 3.63) is 30.0 Å². The summed E-state index contributed by atoms with van der Waals surface area (Å²) in [4.78, 5) is 7.31. The summed E-state index contributed by atoms with van der Waals surface area (Å²) in [6.45, 7) is 12.2. The minimum atomic E-state index is 0.402. The molecule has 0 aliphatic heterocycles. The lowest BCUT2D eigenvalue weighted by atomic mass is 10.1. The van der Waals surface area contributed by atoms with E-state index >= 15 is 0 Å². The third kappa shape index (κ3) is 3.68. The Bertz CT molecular complexity index is 879. The van der Waals surface area contributed by atoms with Gasteiger partial charge in [0.05, 0.1) is 22.3 Å². The van der Waals surface area contributed by atoms with E-state index in [0.717, 1.165) is 48.3 Å². The number of hydrogen-bond acceptors (Lipinski definition) is 4. The van der Waals surface area contributed by atoms with E-state index in [4.69, 9.17) is 4.98 Å². The Balaban J connectivity index is 1.88. The molecule has 1 aromatic carbocycles. The van der Waals surface area contributed by atoms with E-state index in [1.54, 1.807) is 0 Å². The highest BCUT2D eigenvalue weighted by atomic mass is 15.3. The number of fused-ring (bicyclic) bond motifs is 2. The third-order valence-electron chi connectivity index (χ3n) is 5.24. The molecule has 0 fully saturated rings. The smallest absolute Gasteiger partial charge is 0.160 e. The lowest BCUT2D eigenvalue weighted by Crippen LogP contribution is -2.25. The zero-order valence-corrected chi connectivity index (χ0v) is 16.7. The molecule has 0 bridgehead atoms. The van der Waals surface area contributed by atoms with Crippen molar-refractivity contribution in [1.29, 1.82) is 0 Å². The van der Waals surface area contributed by atoms with Gasteiger partial charge in [-0.15, -0.1) is 0 Å². The first kappa shape index (κ1) is 18.6. The summed E-state index contributed by atoms with van der Waals surface area (Å²) in [5, 5.41) is 10.7. The molecule has 1 N–H and O–H groups in total. The summed E-state index contributed by atoms with van der Waals surface area (Å²) in [6, 6.07) is 8.76. The average Bonchev–Trinajstić information content (AvgIpc) is 2.92. The van der Waals surface area contributed by atoms with E-state index < -0.39 is 0 Å². The molecule has 5 heteroatoms. The Kier molecular flexibility index (Phi) is 5.77. The van der Waals surface area contributed by atoms with Crippen molar-refractivity contribution in [2.75, 3.05) is 25.0 Å². The van der Waals surface area contributed by atoms with Gasteiger partial charge in [-0.3, -0.25) is 4.68 Å². The molecule has 2 heterocycles. The standard InChI is InChI=1S/C21H31N5/c1-6-26(7-2)14-10-11-15(3)22-20-17-12-8-9-13-18(17)23-21-19(20)16(4)24-25(21)5/h8-9,12-13,15H,6-7,10-11,14H2,1-5H3,(H,22,23). The van der Waals surface area contributed by atoms with Crippen molar-refractivity contribution >= 4 is 27.6 Å². The van der Waals surface area contributed by atoms with Gasteiger partial charge in [-0.05, 0) is 52.4 Å². The highest BCUT2D eigenvalue weighted by Gasteiger charge is 2.17. The maximum absolute atomic E-state index is 4.83. The molecule has 3 aromatic rings. The molecule has 0 spiro atoms. The van der Waals surface area contributed by atoms with E-state index in [1.165, 1.54) is 17.5 Å². The summed E-state index contributed by atoms with van der Waals surface area (Å²) in [5.41, 5.74) is 4.16. The van der Waals surface area contributed by atoms with Gasteiger partial charge in [-0.25, -0.2) is 4.98 Å². The summed E-state index contributed by atoms with van der Waals surface area (Å²) >= 11 is 0. The van der Waals surface area contributed by atoms with Crippen LogP contribution in [0.2, 0.25) is 0 Å². The van der Waals surface area contributed by atoms with Crippen LogP contribution < -0.4 is 5.32 Å². The number of aryl methyl sites for hydroxylation is 2. The van der Waals surface area contributed by atoms with Gasteiger partial charge in [0, 0.05) is 18.5 Å². The van der Waals surface area contributed by atoms with Crippen LogP contribution in [0, 0.1) is 6.92 Å². The van der Waals surface area contributed by atoms with Crippen LogP contribution in [0.1, 0.15) is 39.3 Å². The molecule has 0 radical (unpaired) electrons. The topological polar surface area (TPSA) is 46.0 Å². The fourth-order valence-corrected chi connectivity index (χ4v) is 3.73. The number of nitrogens with one attached hydrogen (secondary N) is 1. The minimum Gasteiger partial charge on any atom is -0.381 e. The normalized spacial score (nSPS) is 13.0. The second kappa shape index (κ2) is 8.04. The zero-order chi connectivity index (χ0) is 18.7. The lowest BCUT2D eigenvalue weighted by Gasteiger charge is -2.21. The number of anilines is 1. The van der Waals surface area contributed by atoms with Crippen molar-refractivity contribution < 1.29 is 0 Å². The second-order valence-corrected chi connectivity index (χ2v) is 7.13. The largest absolute Gasteiger partial charge is 0.381 e. The molecule has 1 atom stereocenters. The monoisotopic (exact) mass is 353 g/mol. The number of rotatable bonds is 8. The first-order valence-electron chi connectivity index (χ1n) is 9.76. The Labute approximate surface area is 156 Å². The van der Waals surface area contributed by atoms with Crippen molar-refractivity contribution in [3.8, 4) is 0 Å². The fraction of sp³-hybridized carbons (Fsp3) is 0.524. The van der Waals surface area contributed by atoms with Gasteiger partial charge < -0.3 is 10.2 Å². The van der Waals surface area contributed by atoms with Crippen LogP contribution in [-0.4, -0.2) is 45.3 Å². The molecule has 0 saturated heterocycles. The van der Waals surface area contributed by atoms with Crippen LogP contribution in [0.5, 0.6) is 0 Å². The Morgan fingerprint density at radius 3 is 2.65 bits per heavy atom. The Hall–Kier alpha value is -2.14. The van der Waals surface area contributed by atoms with Crippen LogP contribution in [0.25, 0.3) is 21.9 Å². The van der Waals surface area contributed by atoms with E-state index in [9.17, 15) is 0 Å². The number of para-hydroxylation sites is 1. The highest BCUT2D eigenvalue weighted by Crippen LogP contribution is 2.33. The summed E-state index contributed by atoms with van der Waals surface area (Å²) in [7, 11) is 1.97. The van der Waals surface area contributed by atoms with Crippen LogP contribution in [0.3, 0.4) is 0 Å². The fourth-order valence-electron chi connectivity index (χ4n) is 3.73. The van der Waals surface area contributed by atoms with E-state index in [-0.39, 0.29) is 0 Å². The maximum Gasteiger partial charge on any atom is 0.160 e. The summed E-state index contributed by atoms with van der Waals surface area (Å²) in [5.74, 6) is 0. The molecular weight excluding hydrogens is 322 g/mol. The van der Waals surface area contributed by atoms with E-state index in [1.807, 2.05) is 17.8 Å². The summed E-state index contributed by atoms with van der Waals surface area (Å²) in [6.07, 6.45) is 2.35. The molecule has 26 heavy (non-hydrogen) atoms. The molecule has 140 valence electrons. The van der Waals surface area contributed by atoms with Crippen molar-refractivity contribution in [1.82, 2.24) is 19.7 Å². The van der Waals surface area contributed by atoms with Crippen molar-refractivity contribution in [2.24, 2.45) is 7.05 Å². The predicted molar refractivity (Wildman–Crippen MR) is 111 cm³/mol. The predicted octanol–water partition coefficient (Wildman–Crippen LogP) is 4.35. The van der Waals surface area contributed by atoms with Gasteiger partial charge in [-0.1, -0.05) is 32.0 Å². The minimum absolute atomic E-state index is 0.402. The quantitative estimate of drug-likeness (QED) is 0.654. The Morgan fingerprint density at radius 2 is 1.92 bits per heavy atom. The number of nitrogens with zero attached hydrogens (tertiary/aromatic N) is 4. The molecule has 5 nitrogen and oxygen atoms in total. The van der Waals surface area contributed by atoms with Crippen LogP contribution in [-0.2, 0) is 7.05 Å². The molecule has 2 aromatic heterocycles. The van der Waals surface area contributed by atoms with Gasteiger partial charge in [-0.2, -0.15) is 5.10 Å². The number of benzene rings is 1. The average molecular weight is 354 g/mol. The number of pyridine rings is 1. The van der Waals surface area contributed by atoms with Crippen LogP contribution in [0.4, 0.5) is 5.69 Å². The maximum atomic E-state index is 4.83. The molecule has 0 aliphatic carbocycles. The van der Waals surface area contributed by atoms with E-state index in [0.29, 0.717) is 6.04 Å². The number of aromatic nitrogens is 3. The zero-order valence-electron chi connectivity index (χ0n) is 16.7. The molecular formula is C21H31N5. The van der Waals surface area contributed by atoms with Gasteiger partial charge in [0.25, 0.3) is 0 Å². The van der Waals surface area contributed by atoms with Crippen LogP contribution in [0.15, 0.2) is 24.3 Å². The van der Waals surface area contributed by atoms with Gasteiger partial charge in [0.2, 0.25) is 0 Å². The SMILES string of the molecule is CCN(CC)CCCC(C)Nc1c2ccccc2nc2c1c(C)nn2C. The van der Waals surface area contributed by atoms with Crippen molar-refractivity contribution in [3.63, 3.8) is 0 Å². The first-order chi connectivity index (χ1) is 12.5. The molecule has 0 amide bonds. The van der Waals surface area contributed by atoms with Gasteiger partial charge in [0.15, 0.2) is 5.65 Å². The first-order valence-corrected chi connectivity index (χ1v) is 9.76. The van der Waals surface area contributed by atoms with Gasteiger partial charge in [0.1, 0.15) is 0 Å². The van der Waals surface area contributed by atoms with Gasteiger partial charge >= 0.3 is 0 Å². The molecule has 1 unspecified atom stereocenters. The Morgan fingerprint density at radius 1 is 1.19 bits per heavy atom. The highest BCUT2D eigenvalue weighted by molar-refractivity contribution is 6.07. The number of hydrogen-bond donors (Lipinski definition) is 1. The molecule has 3 rings (SSSR count). The lowest BCUT2D eigenvalue weighted by molar-refractivity contribution is 0.295. The van der Waals surface area contributed by atoms with E-state index in [2.05, 4.69) is 61.2 Å². The molecule has 0 saturated carbocycles.